The third-order valence-electron chi connectivity index (χ3n) is 2.49. The number of likely N-dealkylation sites (N-methyl/N-ethyl adjacent to an activating group) is 1. The first-order valence-electron chi connectivity index (χ1n) is 5.27. The number of carbonyl (C=O) groups is 2. The van der Waals surface area contributed by atoms with Crippen LogP contribution in [-0.4, -0.2) is 63.3 Å². The number of methoxy groups -OCH3 is 1. The molecular weight excluding hydrogens is 212 g/mol. The number of rotatable bonds is 4. The van der Waals surface area contributed by atoms with Gasteiger partial charge in [-0.3, -0.25) is 14.5 Å². The quantitative estimate of drug-likeness (QED) is 0.627. The third kappa shape index (κ3) is 4.16. The summed E-state index contributed by atoms with van der Waals surface area (Å²) >= 11 is 0. The van der Waals surface area contributed by atoms with Crippen molar-refractivity contribution >= 4 is 11.9 Å². The number of amides is 1. The maximum absolute atomic E-state index is 11.2. The number of ether oxygens (including phenoxy) is 2. The Labute approximate surface area is 94.9 Å². The van der Waals surface area contributed by atoms with E-state index in [2.05, 4.69) is 10.1 Å². The lowest BCUT2D eigenvalue weighted by Crippen LogP contribution is -2.47. The van der Waals surface area contributed by atoms with E-state index in [-0.39, 0.29) is 24.4 Å². The van der Waals surface area contributed by atoms with Crippen molar-refractivity contribution in [1.82, 2.24) is 10.2 Å². The van der Waals surface area contributed by atoms with Crippen molar-refractivity contribution in [3.05, 3.63) is 0 Å². The van der Waals surface area contributed by atoms with Gasteiger partial charge in [0.05, 0.1) is 32.8 Å². The van der Waals surface area contributed by atoms with Gasteiger partial charge in [0.1, 0.15) is 0 Å². The van der Waals surface area contributed by atoms with Crippen LogP contribution in [0.3, 0.4) is 0 Å². The Hall–Kier alpha value is -1.14. The summed E-state index contributed by atoms with van der Waals surface area (Å²) in [7, 11) is 2.96. The average molecular weight is 230 g/mol. The summed E-state index contributed by atoms with van der Waals surface area (Å²) in [5.41, 5.74) is 0. The van der Waals surface area contributed by atoms with E-state index >= 15 is 0 Å². The molecule has 6 nitrogen and oxygen atoms in total. The SMILES string of the molecule is CNC(=O)CN1CCOC(CC(=O)OC)C1. The lowest BCUT2D eigenvalue weighted by molar-refractivity contribution is -0.145. The Kier molecular flexibility index (Phi) is 5.21. The molecule has 92 valence electrons. The Morgan fingerprint density at radius 3 is 2.94 bits per heavy atom. The first-order chi connectivity index (χ1) is 7.65. The summed E-state index contributed by atoms with van der Waals surface area (Å²) in [4.78, 5) is 24.2. The van der Waals surface area contributed by atoms with Crippen molar-refractivity contribution in [2.45, 2.75) is 12.5 Å². The van der Waals surface area contributed by atoms with Gasteiger partial charge in [0.2, 0.25) is 5.91 Å². The molecule has 1 aliphatic rings. The molecule has 1 atom stereocenters. The van der Waals surface area contributed by atoms with Gasteiger partial charge in [0.15, 0.2) is 0 Å². The van der Waals surface area contributed by atoms with Crippen LogP contribution in [0.15, 0.2) is 0 Å². The second kappa shape index (κ2) is 6.44. The molecule has 1 heterocycles. The smallest absolute Gasteiger partial charge is 0.308 e. The van der Waals surface area contributed by atoms with Crippen molar-refractivity contribution in [3.8, 4) is 0 Å². The van der Waals surface area contributed by atoms with E-state index in [9.17, 15) is 9.59 Å². The zero-order valence-electron chi connectivity index (χ0n) is 9.69. The standard InChI is InChI=1S/C10H18N2O4/c1-11-9(13)7-12-3-4-16-8(6-12)5-10(14)15-2/h8H,3-7H2,1-2H3,(H,11,13). The predicted molar refractivity (Wildman–Crippen MR) is 56.9 cm³/mol. The molecule has 0 bridgehead atoms. The molecule has 16 heavy (non-hydrogen) atoms. The molecule has 1 amide bonds. The van der Waals surface area contributed by atoms with Crippen LogP contribution >= 0.6 is 0 Å². The molecule has 0 aromatic heterocycles. The molecule has 0 saturated carbocycles. The molecule has 1 unspecified atom stereocenters. The van der Waals surface area contributed by atoms with E-state index in [1.807, 2.05) is 4.90 Å². The lowest BCUT2D eigenvalue weighted by Gasteiger charge is -2.31. The fourth-order valence-corrected chi connectivity index (χ4v) is 1.60. The molecule has 0 aromatic carbocycles. The highest BCUT2D eigenvalue weighted by atomic mass is 16.5. The van der Waals surface area contributed by atoms with E-state index in [1.165, 1.54) is 7.11 Å². The van der Waals surface area contributed by atoms with E-state index in [0.717, 1.165) is 0 Å². The van der Waals surface area contributed by atoms with Crippen LogP contribution in [0, 0.1) is 0 Å². The highest BCUT2D eigenvalue weighted by Gasteiger charge is 2.24. The Balaban J connectivity index is 2.35. The second-order valence-corrected chi connectivity index (χ2v) is 3.68. The summed E-state index contributed by atoms with van der Waals surface area (Å²) in [5.74, 6) is -0.314. The molecule has 0 aromatic rings. The average Bonchev–Trinajstić information content (AvgIpc) is 2.29. The van der Waals surface area contributed by atoms with Gasteiger partial charge in [-0.25, -0.2) is 0 Å². The minimum absolute atomic E-state index is 0.0290. The zero-order valence-corrected chi connectivity index (χ0v) is 9.69. The number of carbonyl (C=O) groups excluding carboxylic acids is 2. The molecule has 1 aliphatic heterocycles. The van der Waals surface area contributed by atoms with E-state index in [4.69, 9.17) is 4.74 Å². The van der Waals surface area contributed by atoms with Gasteiger partial charge in [0.25, 0.3) is 0 Å². The van der Waals surface area contributed by atoms with Crippen molar-refractivity contribution in [2.24, 2.45) is 0 Å². The van der Waals surface area contributed by atoms with Gasteiger partial charge < -0.3 is 14.8 Å². The van der Waals surface area contributed by atoms with Gasteiger partial charge >= 0.3 is 5.97 Å². The number of esters is 1. The van der Waals surface area contributed by atoms with Gasteiger partial charge in [0, 0.05) is 20.1 Å². The molecule has 0 spiro atoms. The topological polar surface area (TPSA) is 67.9 Å². The Morgan fingerprint density at radius 2 is 2.31 bits per heavy atom. The molecule has 1 saturated heterocycles. The molecule has 1 N–H and O–H groups in total. The number of morpholine rings is 1. The van der Waals surface area contributed by atoms with E-state index < -0.39 is 0 Å². The van der Waals surface area contributed by atoms with Crippen molar-refractivity contribution in [3.63, 3.8) is 0 Å². The van der Waals surface area contributed by atoms with Crippen LogP contribution < -0.4 is 5.32 Å². The van der Waals surface area contributed by atoms with Crippen molar-refractivity contribution in [2.75, 3.05) is 40.4 Å². The van der Waals surface area contributed by atoms with Gasteiger partial charge in [-0.1, -0.05) is 0 Å². The Morgan fingerprint density at radius 1 is 1.56 bits per heavy atom. The van der Waals surface area contributed by atoms with E-state index in [0.29, 0.717) is 26.2 Å². The fourth-order valence-electron chi connectivity index (χ4n) is 1.60. The summed E-state index contributed by atoms with van der Waals surface area (Å²) in [6.45, 7) is 2.18. The normalized spacial score (nSPS) is 21.5. The summed E-state index contributed by atoms with van der Waals surface area (Å²) in [6, 6.07) is 0. The Bertz CT molecular complexity index is 233. The maximum atomic E-state index is 11.2. The monoisotopic (exact) mass is 230 g/mol. The third-order valence-corrected chi connectivity index (χ3v) is 2.49. The van der Waals surface area contributed by atoms with Crippen LogP contribution in [0.5, 0.6) is 0 Å². The number of hydrogen-bond donors (Lipinski definition) is 1. The van der Waals surface area contributed by atoms with Gasteiger partial charge in [-0.2, -0.15) is 0 Å². The van der Waals surface area contributed by atoms with E-state index in [1.54, 1.807) is 7.05 Å². The molecule has 1 fully saturated rings. The minimum atomic E-state index is -0.285. The molecule has 0 radical (unpaired) electrons. The first kappa shape index (κ1) is 12.9. The molecule has 0 aliphatic carbocycles. The maximum Gasteiger partial charge on any atom is 0.308 e. The largest absolute Gasteiger partial charge is 0.469 e. The van der Waals surface area contributed by atoms with Gasteiger partial charge in [-0.15, -0.1) is 0 Å². The van der Waals surface area contributed by atoms with Crippen LogP contribution in [0.25, 0.3) is 0 Å². The van der Waals surface area contributed by atoms with Crippen molar-refractivity contribution in [1.29, 1.82) is 0 Å². The lowest BCUT2D eigenvalue weighted by atomic mass is 10.2. The summed E-state index contributed by atoms with van der Waals surface area (Å²) < 4.78 is 10.00. The van der Waals surface area contributed by atoms with Crippen molar-refractivity contribution < 1.29 is 19.1 Å². The molecule has 6 heteroatoms. The highest BCUT2D eigenvalue weighted by molar-refractivity contribution is 5.77. The van der Waals surface area contributed by atoms with Gasteiger partial charge in [-0.05, 0) is 0 Å². The molecule has 1 rings (SSSR count). The van der Waals surface area contributed by atoms with Crippen LogP contribution in [-0.2, 0) is 19.1 Å². The van der Waals surface area contributed by atoms with Crippen LogP contribution in [0.2, 0.25) is 0 Å². The summed E-state index contributed by atoms with van der Waals surface area (Å²) in [6.07, 6.45) is 0.0617. The van der Waals surface area contributed by atoms with Crippen LogP contribution in [0.1, 0.15) is 6.42 Å². The first-order valence-corrected chi connectivity index (χ1v) is 5.27. The predicted octanol–water partition coefficient (Wildman–Crippen LogP) is -1.00. The number of nitrogens with zero attached hydrogens (tertiary/aromatic N) is 1. The zero-order chi connectivity index (χ0) is 12.0. The molecular formula is C10H18N2O4. The highest BCUT2D eigenvalue weighted by Crippen LogP contribution is 2.08. The number of nitrogens with one attached hydrogen (secondary N) is 1. The minimum Gasteiger partial charge on any atom is -0.469 e. The fraction of sp³-hybridized carbons (Fsp3) is 0.800. The summed E-state index contributed by atoms with van der Waals surface area (Å²) in [5, 5.41) is 2.57. The second-order valence-electron chi connectivity index (χ2n) is 3.68. The number of hydrogen-bond acceptors (Lipinski definition) is 5. The van der Waals surface area contributed by atoms with Crippen LogP contribution in [0.4, 0.5) is 0 Å².